The Balaban J connectivity index is 1.91. The van der Waals surface area contributed by atoms with Crippen molar-refractivity contribution in [3.05, 3.63) is 67.2 Å². The zero-order valence-corrected chi connectivity index (χ0v) is 17.4. The van der Waals surface area contributed by atoms with Gasteiger partial charge in [0.15, 0.2) is 5.16 Å². The third kappa shape index (κ3) is 5.08. The lowest BCUT2D eigenvalue weighted by atomic mass is 10.0. The van der Waals surface area contributed by atoms with Crippen molar-refractivity contribution in [1.29, 1.82) is 0 Å². The zero-order chi connectivity index (χ0) is 18.9. The van der Waals surface area contributed by atoms with Crippen LogP contribution in [0.4, 0.5) is 0 Å². The Morgan fingerprint density at radius 1 is 0.926 bits per heavy atom. The van der Waals surface area contributed by atoms with Crippen LogP contribution in [0.25, 0.3) is 28.7 Å². The van der Waals surface area contributed by atoms with Crippen LogP contribution in [0, 0.1) is 0 Å². The van der Waals surface area contributed by atoms with E-state index in [4.69, 9.17) is 4.98 Å². The van der Waals surface area contributed by atoms with Crippen molar-refractivity contribution < 1.29 is 0 Å². The van der Waals surface area contributed by atoms with Crippen molar-refractivity contribution in [1.82, 2.24) is 9.55 Å². The largest absolute Gasteiger partial charge is 0.294 e. The Bertz CT molecular complexity index is 842. The first-order valence-corrected chi connectivity index (χ1v) is 11.5. The molecule has 0 aliphatic carbocycles. The third-order valence-electron chi connectivity index (χ3n) is 4.26. The molecule has 0 amide bonds. The molecule has 1 heterocycles. The molecule has 3 aromatic rings. The smallest absolute Gasteiger partial charge is 0.173 e. The van der Waals surface area contributed by atoms with Crippen molar-refractivity contribution in [3.63, 3.8) is 0 Å². The molecule has 0 N–H and O–H groups in total. The molecule has 0 spiro atoms. The number of rotatable bonds is 10. The average molecular weight is 395 g/mol. The topological polar surface area (TPSA) is 17.8 Å². The van der Waals surface area contributed by atoms with Crippen LogP contribution in [0.1, 0.15) is 19.8 Å². The molecule has 0 aliphatic rings. The van der Waals surface area contributed by atoms with Gasteiger partial charge in [-0.3, -0.25) is 4.57 Å². The second-order valence-electron chi connectivity index (χ2n) is 6.19. The number of benzene rings is 2. The lowest BCUT2D eigenvalue weighted by molar-refractivity contribution is 0.896. The molecular formula is C23H26N2S2. The summed E-state index contributed by atoms with van der Waals surface area (Å²) in [5.41, 5.74) is 4.42. The number of imidazole rings is 1. The average Bonchev–Trinajstić information content (AvgIpc) is 3.10. The quantitative estimate of drug-likeness (QED) is 0.274. The van der Waals surface area contributed by atoms with Gasteiger partial charge in [-0.05, 0) is 12.2 Å². The van der Waals surface area contributed by atoms with E-state index in [0.29, 0.717) is 0 Å². The number of nitrogens with zero attached hydrogens (tertiary/aromatic N) is 2. The maximum absolute atomic E-state index is 5.01. The highest BCUT2D eigenvalue weighted by Gasteiger charge is 2.18. The van der Waals surface area contributed by atoms with Crippen molar-refractivity contribution in [2.45, 2.75) is 24.9 Å². The molecule has 4 heteroatoms. The van der Waals surface area contributed by atoms with Gasteiger partial charge in [0, 0.05) is 28.8 Å². The van der Waals surface area contributed by atoms with Crippen LogP contribution in [0.2, 0.25) is 0 Å². The summed E-state index contributed by atoms with van der Waals surface area (Å²) < 4.78 is 2.14. The number of unbranched alkanes of at least 4 members (excludes halogenated alkanes) is 1. The number of thioether (sulfide) groups is 2. The van der Waals surface area contributed by atoms with Gasteiger partial charge in [0.1, 0.15) is 0 Å². The Kier molecular flexibility index (Phi) is 7.66. The highest BCUT2D eigenvalue weighted by molar-refractivity contribution is 8.02. The number of hydrogen-bond donors (Lipinski definition) is 0. The van der Waals surface area contributed by atoms with Crippen LogP contribution in [-0.2, 0) is 0 Å². The van der Waals surface area contributed by atoms with E-state index in [-0.39, 0.29) is 0 Å². The van der Waals surface area contributed by atoms with E-state index in [2.05, 4.69) is 66.6 Å². The molecule has 2 nitrogen and oxygen atoms in total. The van der Waals surface area contributed by atoms with Gasteiger partial charge in [0.05, 0.1) is 11.4 Å². The van der Waals surface area contributed by atoms with Gasteiger partial charge in [-0.15, -0.1) is 0 Å². The molecule has 0 fully saturated rings. The molecule has 27 heavy (non-hydrogen) atoms. The van der Waals surface area contributed by atoms with E-state index in [1.807, 2.05) is 41.9 Å². The van der Waals surface area contributed by atoms with Gasteiger partial charge < -0.3 is 0 Å². The van der Waals surface area contributed by atoms with Crippen LogP contribution in [0.3, 0.4) is 0 Å². The first kappa shape index (κ1) is 19.8. The molecule has 0 atom stereocenters. The fraction of sp³-hybridized carbons (Fsp3) is 0.261. The summed E-state index contributed by atoms with van der Waals surface area (Å²) in [5.74, 6) is 3.45. The standard InChI is InChI=1S/C23H26N2S2/c1-3-5-16-26-17-18-27-23-24-21(19-12-8-6-9-13-19)22(25(23)4-2)20-14-10-7-11-15-20/h4,6-15H,2-3,5,16-18H2,1H3. The Labute approximate surface area is 171 Å². The highest BCUT2D eigenvalue weighted by Crippen LogP contribution is 2.36. The minimum absolute atomic E-state index is 1.01. The van der Waals surface area contributed by atoms with E-state index in [0.717, 1.165) is 39.2 Å². The molecule has 0 radical (unpaired) electrons. The Hall–Kier alpha value is -1.91. The maximum Gasteiger partial charge on any atom is 0.173 e. The third-order valence-corrected chi connectivity index (χ3v) is 6.54. The number of hydrogen-bond acceptors (Lipinski definition) is 3. The normalized spacial score (nSPS) is 10.9. The first-order valence-electron chi connectivity index (χ1n) is 9.41. The van der Waals surface area contributed by atoms with E-state index in [1.54, 1.807) is 0 Å². The van der Waals surface area contributed by atoms with Gasteiger partial charge in [-0.25, -0.2) is 4.98 Å². The van der Waals surface area contributed by atoms with Crippen LogP contribution >= 0.6 is 23.5 Å². The van der Waals surface area contributed by atoms with E-state index >= 15 is 0 Å². The van der Waals surface area contributed by atoms with Crippen molar-refractivity contribution in [3.8, 4) is 22.5 Å². The minimum Gasteiger partial charge on any atom is -0.294 e. The van der Waals surface area contributed by atoms with Crippen LogP contribution in [-0.4, -0.2) is 26.8 Å². The summed E-state index contributed by atoms with van der Waals surface area (Å²) in [7, 11) is 0. The zero-order valence-electron chi connectivity index (χ0n) is 15.8. The molecule has 140 valence electrons. The summed E-state index contributed by atoms with van der Waals surface area (Å²) in [6, 6.07) is 20.9. The maximum atomic E-state index is 5.01. The second kappa shape index (κ2) is 10.4. The SMILES string of the molecule is C=Cn1c(SCCSCCCC)nc(-c2ccccc2)c1-c1ccccc1. The summed E-state index contributed by atoms with van der Waals surface area (Å²) in [5, 5.41) is 1.01. The Morgan fingerprint density at radius 3 is 2.22 bits per heavy atom. The van der Waals surface area contributed by atoms with E-state index in [9.17, 15) is 0 Å². The van der Waals surface area contributed by atoms with Gasteiger partial charge >= 0.3 is 0 Å². The lowest BCUT2D eigenvalue weighted by Crippen LogP contribution is -1.95. The Morgan fingerprint density at radius 2 is 1.59 bits per heavy atom. The second-order valence-corrected chi connectivity index (χ2v) is 8.48. The summed E-state index contributed by atoms with van der Waals surface area (Å²) >= 11 is 3.84. The molecule has 0 saturated carbocycles. The molecule has 1 aromatic heterocycles. The number of aromatic nitrogens is 2. The predicted molar refractivity (Wildman–Crippen MR) is 122 cm³/mol. The van der Waals surface area contributed by atoms with Crippen LogP contribution < -0.4 is 0 Å². The highest BCUT2D eigenvalue weighted by atomic mass is 32.2. The predicted octanol–water partition coefficient (Wildman–Crippen LogP) is 6.94. The summed E-state index contributed by atoms with van der Waals surface area (Å²) in [6.45, 7) is 6.30. The van der Waals surface area contributed by atoms with Crippen molar-refractivity contribution in [2.24, 2.45) is 0 Å². The van der Waals surface area contributed by atoms with Crippen molar-refractivity contribution in [2.75, 3.05) is 17.3 Å². The molecule has 2 aromatic carbocycles. The molecule has 0 bridgehead atoms. The van der Waals surface area contributed by atoms with Crippen LogP contribution in [0.15, 0.2) is 72.4 Å². The van der Waals surface area contributed by atoms with Crippen molar-refractivity contribution >= 4 is 29.7 Å². The van der Waals surface area contributed by atoms with Gasteiger partial charge in [0.2, 0.25) is 0 Å². The summed E-state index contributed by atoms with van der Waals surface area (Å²) in [4.78, 5) is 5.01. The monoisotopic (exact) mass is 394 g/mol. The van der Waals surface area contributed by atoms with Gasteiger partial charge in [-0.2, -0.15) is 11.8 Å². The van der Waals surface area contributed by atoms with Gasteiger partial charge in [-0.1, -0.05) is 92.3 Å². The fourth-order valence-corrected chi connectivity index (χ4v) is 5.04. The molecule has 0 saturated heterocycles. The molecule has 0 unspecified atom stereocenters. The fourth-order valence-electron chi connectivity index (χ4n) is 2.89. The molecule has 0 aliphatic heterocycles. The minimum atomic E-state index is 1.01. The lowest BCUT2D eigenvalue weighted by Gasteiger charge is -2.08. The summed E-state index contributed by atoms with van der Waals surface area (Å²) in [6.07, 6.45) is 4.45. The van der Waals surface area contributed by atoms with E-state index in [1.165, 1.54) is 18.6 Å². The first-order chi connectivity index (χ1) is 13.3. The van der Waals surface area contributed by atoms with Gasteiger partial charge in [0.25, 0.3) is 0 Å². The van der Waals surface area contributed by atoms with E-state index < -0.39 is 0 Å². The van der Waals surface area contributed by atoms with Crippen LogP contribution in [0.5, 0.6) is 0 Å². The molecule has 3 rings (SSSR count). The molecular weight excluding hydrogens is 368 g/mol.